The summed E-state index contributed by atoms with van der Waals surface area (Å²) in [4.78, 5) is 16.7. The lowest BCUT2D eigenvalue weighted by molar-refractivity contribution is -0.903. The van der Waals surface area contributed by atoms with Crippen LogP contribution in [-0.4, -0.2) is 56.0 Å². The third-order valence-corrected chi connectivity index (χ3v) is 8.67. The van der Waals surface area contributed by atoms with Gasteiger partial charge in [-0.15, -0.1) is 0 Å². The maximum Gasteiger partial charge on any atom is 0.315 e. The van der Waals surface area contributed by atoms with E-state index in [4.69, 9.17) is 4.74 Å². The van der Waals surface area contributed by atoms with Gasteiger partial charge in [0.1, 0.15) is 12.0 Å². The van der Waals surface area contributed by atoms with Crippen LogP contribution in [0.4, 0.5) is 5.69 Å². The van der Waals surface area contributed by atoms with Crippen LogP contribution < -0.4 is 9.80 Å². The van der Waals surface area contributed by atoms with Gasteiger partial charge in [-0.25, -0.2) is 0 Å². The maximum absolute atomic E-state index is 12.9. The SMILES string of the molecule is C[C@@H]1CCC=C2C[C@H]3OC(=O)[C@@H](C[NH+]4CCN(c5ccccc5)CC4)[C@H]3[C@H](O)[C@@]21C. The molecule has 4 aliphatic rings. The molecule has 1 aromatic carbocycles. The topological polar surface area (TPSA) is 54.2 Å². The van der Waals surface area contributed by atoms with Crippen LogP contribution in [0.5, 0.6) is 0 Å². The molecular weight excluding hydrogens is 376 g/mol. The number of nitrogens with zero attached hydrogens (tertiary/aromatic N) is 1. The summed E-state index contributed by atoms with van der Waals surface area (Å²) in [6.07, 6.45) is 4.65. The van der Waals surface area contributed by atoms with Gasteiger partial charge in [0, 0.05) is 23.4 Å². The van der Waals surface area contributed by atoms with Crippen LogP contribution in [0.15, 0.2) is 42.0 Å². The number of aliphatic hydroxyl groups is 1. The summed E-state index contributed by atoms with van der Waals surface area (Å²) in [6, 6.07) is 10.6. The fourth-order valence-corrected chi connectivity index (χ4v) is 6.53. The number of piperazine rings is 1. The van der Waals surface area contributed by atoms with Gasteiger partial charge < -0.3 is 19.6 Å². The van der Waals surface area contributed by atoms with Crippen molar-refractivity contribution in [3.63, 3.8) is 0 Å². The van der Waals surface area contributed by atoms with Crippen LogP contribution in [0.25, 0.3) is 0 Å². The quantitative estimate of drug-likeness (QED) is 0.587. The van der Waals surface area contributed by atoms with Crippen molar-refractivity contribution in [1.29, 1.82) is 0 Å². The molecule has 0 spiro atoms. The maximum atomic E-state index is 12.9. The highest BCUT2D eigenvalue weighted by Gasteiger charge is 2.60. The predicted molar refractivity (Wildman–Crippen MR) is 116 cm³/mol. The fraction of sp³-hybridized carbons (Fsp3) is 0.640. The summed E-state index contributed by atoms with van der Waals surface area (Å²) in [5, 5.41) is 11.5. The van der Waals surface area contributed by atoms with E-state index in [0.29, 0.717) is 5.92 Å². The van der Waals surface area contributed by atoms with E-state index in [1.54, 1.807) is 0 Å². The molecule has 30 heavy (non-hydrogen) atoms. The number of rotatable bonds is 3. The Morgan fingerprint density at radius 2 is 1.97 bits per heavy atom. The van der Waals surface area contributed by atoms with Crippen LogP contribution >= 0.6 is 0 Å². The fourth-order valence-electron chi connectivity index (χ4n) is 6.53. The zero-order valence-electron chi connectivity index (χ0n) is 18.2. The van der Waals surface area contributed by atoms with Crippen molar-refractivity contribution in [3.8, 4) is 0 Å². The third-order valence-electron chi connectivity index (χ3n) is 8.67. The van der Waals surface area contributed by atoms with Crippen molar-refractivity contribution in [2.24, 2.45) is 23.2 Å². The molecule has 2 aliphatic heterocycles. The van der Waals surface area contributed by atoms with Gasteiger partial charge in [0.25, 0.3) is 0 Å². The Labute approximate surface area is 179 Å². The van der Waals surface area contributed by atoms with E-state index in [1.165, 1.54) is 16.2 Å². The number of anilines is 1. The third kappa shape index (κ3) is 3.18. The summed E-state index contributed by atoms with van der Waals surface area (Å²) in [5.74, 6) is 0.0970. The highest BCUT2D eigenvalue weighted by Crippen LogP contribution is 2.55. The smallest absolute Gasteiger partial charge is 0.315 e. The molecule has 5 nitrogen and oxygen atoms in total. The molecule has 2 heterocycles. The molecular formula is C25H35N2O3+. The van der Waals surface area contributed by atoms with E-state index in [2.05, 4.69) is 55.2 Å². The normalized spacial score (nSPS) is 39.2. The van der Waals surface area contributed by atoms with Gasteiger partial charge >= 0.3 is 5.97 Å². The molecule has 5 heteroatoms. The molecule has 0 bridgehead atoms. The summed E-state index contributed by atoms with van der Waals surface area (Å²) < 4.78 is 5.85. The average Bonchev–Trinajstić information content (AvgIpc) is 3.07. The van der Waals surface area contributed by atoms with Gasteiger partial charge in [-0.05, 0) is 30.9 Å². The van der Waals surface area contributed by atoms with Gasteiger partial charge in [-0.2, -0.15) is 0 Å². The van der Waals surface area contributed by atoms with Crippen molar-refractivity contribution < 1.29 is 19.5 Å². The molecule has 0 unspecified atom stereocenters. The van der Waals surface area contributed by atoms with Crippen molar-refractivity contribution in [2.45, 2.75) is 45.3 Å². The minimum atomic E-state index is -0.501. The molecule has 6 atom stereocenters. The number of para-hydroxylation sites is 1. The number of nitrogens with one attached hydrogen (secondary N) is 1. The minimum Gasteiger partial charge on any atom is -0.461 e. The Morgan fingerprint density at radius 1 is 1.23 bits per heavy atom. The molecule has 5 rings (SSSR count). The number of esters is 1. The van der Waals surface area contributed by atoms with E-state index in [0.717, 1.165) is 52.0 Å². The molecule has 2 saturated heterocycles. The summed E-state index contributed by atoms with van der Waals surface area (Å²) >= 11 is 0. The Kier molecular flexibility index (Phi) is 5.14. The highest BCUT2D eigenvalue weighted by molar-refractivity contribution is 5.76. The van der Waals surface area contributed by atoms with Crippen molar-refractivity contribution in [2.75, 3.05) is 37.6 Å². The van der Waals surface area contributed by atoms with Gasteiger partial charge in [-0.1, -0.05) is 43.7 Å². The van der Waals surface area contributed by atoms with E-state index in [1.807, 2.05) is 0 Å². The first kappa shape index (κ1) is 20.1. The number of carbonyl (C=O) groups is 1. The molecule has 0 amide bonds. The monoisotopic (exact) mass is 411 g/mol. The predicted octanol–water partition coefficient (Wildman–Crippen LogP) is 1.68. The van der Waals surface area contributed by atoms with Crippen LogP contribution in [-0.2, 0) is 9.53 Å². The lowest BCUT2D eigenvalue weighted by Crippen LogP contribution is -3.15. The molecule has 1 aromatic rings. The molecule has 2 aliphatic carbocycles. The number of benzene rings is 1. The number of hydrogen-bond donors (Lipinski definition) is 2. The number of quaternary nitrogens is 1. The molecule has 1 saturated carbocycles. The van der Waals surface area contributed by atoms with Crippen molar-refractivity contribution in [1.82, 2.24) is 0 Å². The van der Waals surface area contributed by atoms with Crippen LogP contribution in [0.2, 0.25) is 0 Å². The molecule has 2 N–H and O–H groups in total. The first-order valence-electron chi connectivity index (χ1n) is 11.7. The molecule has 0 radical (unpaired) electrons. The second-order valence-electron chi connectivity index (χ2n) is 10.1. The lowest BCUT2D eigenvalue weighted by Gasteiger charge is -2.51. The van der Waals surface area contributed by atoms with Gasteiger partial charge in [0.15, 0.2) is 0 Å². The first-order chi connectivity index (χ1) is 14.5. The number of hydrogen-bond acceptors (Lipinski definition) is 4. The molecule has 3 fully saturated rings. The number of carbonyl (C=O) groups excluding carboxylic acids is 1. The molecule has 162 valence electrons. The Bertz CT molecular complexity index is 817. The largest absolute Gasteiger partial charge is 0.461 e. The second-order valence-corrected chi connectivity index (χ2v) is 10.1. The van der Waals surface area contributed by atoms with Crippen molar-refractivity contribution in [3.05, 3.63) is 42.0 Å². The number of aliphatic hydroxyl groups excluding tert-OH is 1. The first-order valence-corrected chi connectivity index (χ1v) is 11.7. The van der Waals surface area contributed by atoms with Gasteiger partial charge in [0.05, 0.1) is 38.8 Å². The summed E-state index contributed by atoms with van der Waals surface area (Å²) in [5.41, 5.74) is 2.37. The minimum absolute atomic E-state index is 0.0696. The van der Waals surface area contributed by atoms with Crippen LogP contribution in [0.3, 0.4) is 0 Å². The number of fused-ring (bicyclic) bond motifs is 2. The Balaban J connectivity index is 1.28. The van der Waals surface area contributed by atoms with Crippen LogP contribution in [0, 0.1) is 23.2 Å². The Morgan fingerprint density at radius 3 is 2.70 bits per heavy atom. The lowest BCUT2D eigenvalue weighted by atomic mass is 9.55. The van der Waals surface area contributed by atoms with E-state index in [9.17, 15) is 9.90 Å². The van der Waals surface area contributed by atoms with E-state index < -0.39 is 6.10 Å². The van der Waals surface area contributed by atoms with E-state index in [-0.39, 0.29) is 29.3 Å². The van der Waals surface area contributed by atoms with Crippen molar-refractivity contribution >= 4 is 11.7 Å². The number of allylic oxidation sites excluding steroid dienone is 1. The molecule has 0 aromatic heterocycles. The zero-order chi connectivity index (χ0) is 20.9. The highest BCUT2D eigenvalue weighted by atomic mass is 16.6. The summed E-state index contributed by atoms with van der Waals surface area (Å²) in [7, 11) is 0. The Hall–Kier alpha value is -1.85. The number of ether oxygens (including phenoxy) is 1. The average molecular weight is 412 g/mol. The second kappa shape index (κ2) is 7.69. The van der Waals surface area contributed by atoms with Crippen LogP contribution in [0.1, 0.15) is 33.1 Å². The van der Waals surface area contributed by atoms with Gasteiger partial charge in [0.2, 0.25) is 0 Å². The summed E-state index contributed by atoms with van der Waals surface area (Å²) in [6.45, 7) is 9.30. The standard InChI is InChI=1S/C25H34N2O3/c1-17-7-6-8-18-15-21-22(23(28)25(17,18)2)20(24(29)30-21)16-26-11-13-27(14-12-26)19-9-4-3-5-10-19/h3-5,8-10,17,20-23,28H,6-7,11-16H2,1-2H3/p+1/t17-,20+,21-,22-,23+,25-/m1/s1. The van der Waals surface area contributed by atoms with E-state index >= 15 is 0 Å². The van der Waals surface area contributed by atoms with Gasteiger partial charge in [-0.3, -0.25) is 4.79 Å². The zero-order valence-corrected chi connectivity index (χ0v) is 18.2.